The first-order valence-electron chi connectivity index (χ1n) is 9.65. The van der Waals surface area contributed by atoms with E-state index in [2.05, 4.69) is 0 Å². The van der Waals surface area contributed by atoms with Crippen LogP contribution in [0.1, 0.15) is 31.4 Å². The number of ether oxygens (including phenoxy) is 2. The predicted octanol–water partition coefficient (Wildman–Crippen LogP) is 4.03. The maximum absolute atomic E-state index is 12.8. The van der Waals surface area contributed by atoms with Crippen molar-refractivity contribution in [2.45, 2.75) is 32.1 Å². The fraction of sp³-hybridized carbons (Fsp3) is 0.429. The van der Waals surface area contributed by atoms with E-state index in [1.807, 2.05) is 39.1 Å². The van der Waals surface area contributed by atoms with Gasteiger partial charge in [-0.3, -0.25) is 9.20 Å². The number of amides is 1. The summed E-state index contributed by atoms with van der Waals surface area (Å²) in [6, 6.07) is 5.67. The molecule has 28 heavy (non-hydrogen) atoms. The summed E-state index contributed by atoms with van der Waals surface area (Å²) >= 11 is 1.55. The van der Waals surface area contributed by atoms with E-state index in [0.29, 0.717) is 6.42 Å². The molecule has 1 fully saturated rings. The van der Waals surface area contributed by atoms with Crippen molar-refractivity contribution in [3.8, 4) is 22.8 Å². The molecule has 3 aromatic rings. The first-order valence-corrected chi connectivity index (χ1v) is 10.5. The number of imidazole rings is 1. The van der Waals surface area contributed by atoms with Crippen LogP contribution in [0.4, 0.5) is 0 Å². The number of likely N-dealkylation sites (tertiary alicyclic amines) is 1. The van der Waals surface area contributed by atoms with Crippen molar-refractivity contribution in [1.82, 2.24) is 14.3 Å². The molecule has 1 saturated heterocycles. The molecule has 1 amide bonds. The Morgan fingerprint density at radius 2 is 1.93 bits per heavy atom. The van der Waals surface area contributed by atoms with Crippen molar-refractivity contribution in [2.24, 2.45) is 0 Å². The van der Waals surface area contributed by atoms with Gasteiger partial charge in [0.15, 0.2) is 4.96 Å². The van der Waals surface area contributed by atoms with E-state index in [-0.39, 0.29) is 5.91 Å². The zero-order valence-electron chi connectivity index (χ0n) is 16.3. The number of aromatic nitrogens is 2. The Hall–Kier alpha value is -2.54. The molecule has 148 valence electrons. The maximum Gasteiger partial charge on any atom is 0.228 e. The first kappa shape index (κ1) is 18.8. The lowest BCUT2D eigenvalue weighted by Crippen LogP contribution is -2.33. The number of fused-ring (bicyclic) bond motifs is 1. The zero-order chi connectivity index (χ0) is 19.5. The monoisotopic (exact) mass is 399 g/mol. The third-order valence-corrected chi connectivity index (χ3v) is 6.15. The van der Waals surface area contributed by atoms with Crippen molar-refractivity contribution in [2.75, 3.05) is 27.3 Å². The molecule has 3 heterocycles. The summed E-state index contributed by atoms with van der Waals surface area (Å²) in [5, 5.41) is 2.03. The summed E-state index contributed by atoms with van der Waals surface area (Å²) in [7, 11) is 3.29. The fourth-order valence-electron chi connectivity index (χ4n) is 3.69. The van der Waals surface area contributed by atoms with Crippen molar-refractivity contribution >= 4 is 22.2 Å². The maximum atomic E-state index is 12.8. The van der Waals surface area contributed by atoms with Crippen molar-refractivity contribution < 1.29 is 14.3 Å². The molecular formula is C21H25N3O3S. The smallest absolute Gasteiger partial charge is 0.228 e. The predicted molar refractivity (Wildman–Crippen MR) is 110 cm³/mol. The van der Waals surface area contributed by atoms with Gasteiger partial charge in [-0.05, 0) is 31.0 Å². The highest BCUT2D eigenvalue weighted by molar-refractivity contribution is 7.15. The molecule has 1 aromatic carbocycles. The second-order valence-corrected chi connectivity index (χ2v) is 7.88. The van der Waals surface area contributed by atoms with Gasteiger partial charge in [0.1, 0.15) is 11.5 Å². The number of carbonyl (C=O) groups is 1. The molecular weight excluding hydrogens is 374 g/mol. The molecule has 1 aliphatic heterocycles. The lowest BCUT2D eigenvalue weighted by molar-refractivity contribution is -0.130. The Kier molecular flexibility index (Phi) is 5.52. The topological polar surface area (TPSA) is 56.1 Å². The second kappa shape index (κ2) is 8.22. The molecule has 7 heteroatoms. The highest BCUT2D eigenvalue weighted by Crippen LogP contribution is 2.34. The van der Waals surface area contributed by atoms with Gasteiger partial charge in [0.05, 0.1) is 26.3 Å². The van der Waals surface area contributed by atoms with Crippen molar-refractivity contribution in [3.05, 3.63) is 35.5 Å². The normalized spacial score (nSPS) is 14.9. The summed E-state index contributed by atoms with van der Waals surface area (Å²) < 4.78 is 12.9. The van der Waals surface area contributed by atoms with Crippen LogP contribution in [-0.2, 0) is 11.2 Å². The molecule has 0 atom stereocenters. The van der Waals surface area contributed by atoms with Crippen LogP contribution in [0.3, 0.4) is 0 Å². The second-order valence-electron chi connectivity index (χ2n) is 7.04. The van der Waals surface area contributed by atoms with Gasteiger partial charge in [-0.15, -0.1) is 11.3 Å². The van der Waals surface area contributed by atoms with Gasteiger partial charge in [-0.2, -0.15) is 0 Å². The standard InChI is InChI=1S/C21H25N3O3S/c1-26-16-7-8-19(27-2)17(12-16)18-13-24-15(14-28-21(24)22-18)11-20(25)23-9-5-3-4-6-10-23/h7-8,12-14H,3-6,9-11H2,1-2H3. The number of hydrogen-bond donors (Lipinski definition) is 0. The van der Waals surface area contributed by atoms with Crippen LogP contribution in [0.25, 0.3) is 16.2 Å². The SMILES string of the molecule is COc1ccc(OC)c(-c2cn3c(CC(=O)N4CCCCCC4)csc3n2)c1. The summed E-state index contributed by atoms with van der Waals surface area (Å²) in [6.07, 6.45) is 7.05. The van der Waals surface area contributed by atoms with Crippen LogP contribution in [0.15, 0.2) is 29.8 Å². The highest BCUT2D eigenvalue weighted by Gasteiger charge is 2.19. The Morgan fingerprint density at radius 3 is 2.64 bits per heavy atom. The Morgan fingerprint density at radius 1 is 1.14 bits per heavy atom. The minimum Gasteiger partial charge on any atom is -0.497 e. The molecule has 0 unspecified atom stereocenters. The third kappa shape index (κ3) is 3.71. The molecule has 1 aliphatic rings. The van der Waals surface area contributed by atoms with E-state index in [9.17, 15) is 4.79 Å². The van der Waals surface area contributed by atoms with Crippen LogP contribution >= 0.6 is 11.3 Å². The van der Waals surface area contributed by atoms with Gasteiger partial charge in [0, 0.05) is 35.9 Å². The quantitative estimate of drug-likeness (QED) is 0.650. The molecule has 0 bridgehead atoms. The van der Waals surface area contributed by atoms with Gasteiger partial charge in [-0.25, -0.2) is 4.98 Å². The Bertz CT molecular complexity index is 971. The summed E-state index contributed by atoms with van der Waals surface area (Å²) in [4.78, 5) is 20.4. The van der Waals surface area contributed by atoms with Gasteiger partial charge in [-0.1, -0.05) is 12.8 Å². The van der Waals surface area contributed by atoms with Gasteiger partial charge < -0.3 is 14.4 Å². The van der Waals surface area contributed by atoms with E-state index in [1.165, 1.54) is 12.8 Å². The number of nitrogens with zero attached hydrogens (tertiary/aromatic N) is 3. The van der Waals surface area contributed by atoms with Crippen LogP contribution in [0.2, 0.25) is 0 Å². The van der Waals surface area contributed by atoms with Gasteiger partial charge >= 0.3 is 0 Å². The minimum absolute atomic E-state index is 0.204. The van der Waals surface area contributed by atoms with Gasteiger partial charge in [0.2, 0.25) is 5.91 Å². The average Bonchev–Trinajstić information content (AvgIpc) is 3.18. The molecule has 0 radical (unpaired) electrons. The summed E-state index contributed by atoms with van der Waals surface area (Å²) in [6.45, 7) is 1.75. The van der Waals surface area contributed by atoms with Crippen LogP contribution in [0, 0.1) is 0 Å². The first-order chi connectivity index (χ1) is 13.7. The summed E-state index contributed by atoms with van der Waals surface area (Å²) in [5.41, 5.74) is 2.67. The number of thiazole rings is 1. The lowest BCUT2D eigenvalue weighted by atomic mass is 10.1. The van der Waals surface area contributed by atoms with E-state index in [1.54, 1.807) is 25.6 Å². The molecule has 2 aromatic heterocycles. The average molecular weight is 400 g/mol. The van der Waals surface area contributed by atoms with Crippen LogP contribution in [0.5, 0.6) is 11.5 Å². The zero-order valence-corrected chi connectivity index (χ0v) is 17.1. The minimum atomic E-state index is 0.204. The largest absolute Gasteiger partial charge is 0.497 e. The number of benzene rings is 1. The molecule has 0 spiro atoms. The molecule has 0 aliphatic carbocycles. The van der Waals surface area contributed by atoms with E-state index >= 15 is 0 Å². The lowest BCUT2D eigenvalue weighted by Gasteiger charge is -2.19. The number of rotatable bonds is 5. The van der Waals surface area contributed by atoms with Gasteiger partial charge in [0.25, 0.3) is 0 Å². The van der Waals surface area contributed by atoms with Crippen LogP contribution < -0.4 is 9.47 Å². The Balaban J connectivity index is 1.61. The molecule has 4 rings (SSSR count). The summed E-state index contributed by atoms with van der Waals surface area (Å²) in [5.74, 6) is 1.70. The van der Waals surface area contributed by atoms with Crippen molar-refractivity contribution in [1.29, 1.82) is 0 Å². The molecule has 0 N–H and O–H groups in total. The number of methoxy groups -OCH3 is 2. The molecule has 6 nitrogen and oxygen atoms in total. The highest BCUT2D eigenvalue weighted by atomic mass is 32.1. The number of carbonyl (C=O) groups excluding carboxylic acids is 1. The van der Waals surface area contributed by atoms with Crippen molar-refractivity contribution in [3.63, 3.8) is 0 Å². The Labute approximate surface area is 168 Å². The van der Waals surface area contributed by atoms with E-state index < -0.39 is 0 Å². The third-order valence-electron chi connectivity index (χ3n) is 5.26. The van der Waals surface area contributed by atoms with E-state index in [4.69, 9.17) is 14.5 Å². The van der Waals surface area contributed by atoms with Crippen LogP contribution in [-0.4, -0.2) is 47.5 Å². The fourth-order valence-corrected chi connectivity index (χ4v) is 4.56. The number of hydrogen-bond acceptors (Lipinski definition) is 5. The molecule has 0 saturated carbocycles. The van der Waals surface area contributed by atoms with E-state index in [0.717, 1.165) is 59.3 Å².